The van der Waals surface area contributed by atoms with E-state index in [2.05, 4.69) is 29.6 Å². The van der Waals surface area contributed by atoms with Gasteiger partial charge in [-0.1, -0.05) is 42.0 Å². The zero-order valence-corrected chi connectivity index (χ0v) is 15.2. The number of hydrogen-bond donors (Lipinski definition) is 1. The fourth-order valence-corrected chi connectivity index (χ4v) is 2.88. The first-order chi connectivity index (χ1) is 12.5. The molecule has 1 heterocycles. The van der Waals surface area contributed by atoms with Gasteiger partial charge in [-0.05, 0) is 38.7 Å². The lowest BCUT2D eigenvalue weighted by Gasteiger charge is -2.25. The molecule has 0 fully saturated rings. The number of nitrogens with zero attached hydrogens (tertiary/aromatic N) is 1. The van der Waals surface area contributed by atoms with Crippen LogP contribution in [0, 0.1) is 6.92 Å². The first-order valence-electron chi connectivity index (χ1n) is 8.50. The van der Waals surface area contributed by atoms with Gasteiger partial charge in [-0.3, -0.25) is 9.59 Å². The van der Waals surface area contributed by atoms with Gasteiger partial charge in [-0.25, -0.2) is 0 Å². The number of rotatable bonds is 5. The molecule has 26 heavy (non-hydrogen) atoms. The zero-order chi connectivity index (χ0) is 18.7. The summed E-state index contributed by atoms with van der Waals surface area (Å²) < 4.78 is 5.59. The summed E-state index contributed by atoms with van der Waals surface area (Å²) in [6.45, 7) is 2.45. The molecule has 1 atom stereocenters. The molecule has 134 valence electrons. The average Bonchev–Trinajstić information content (AvgIpc) is 2.63. The third kappa shape index (κ3) is 3.83. The van der Waals surface area contributed by atoms with Gasteiger partial charge in [0.05, 0.1) is 11.4 Å². The van der Waals surface area contributed by atoms with Crippen molar-refractivity contribution < 1.29 is 9.21 Å². The SMILES string of the molecule is Cc1ccc([C@@H](CNC(=O)c2cc(=O)c3ccccc3o2)N(C)C)cc1. The number of aryl methyl sites for hydroxylation is 1. The molecule has 0 saturated heterocycles. The van der Waals surface area contributed by atoms with Crippen molar-refractivity contribution in [3.05, 3.63) is 81.7 Å². The Morgan fingerprint density at radius 2 is 1.81 bits per heavy atom. The van der Waals surface area contributed by atoms with Gasteiger partial charge in [0.15, 0.2) is 11.2 Å². The van der Waals surface area contributed by atoms with Gasteiger partial charge in [-0.2, -0.15) is 0 Å². The summed E-state index contributed by atoms with van der Waals surface area (Å²) in [6, 6.07) is 16.4. The molecule has 0 spiro atoms. The summed E-state index contributed by atoms with van der Waals surface area (Å²) in [4.78, 5) is 26.7. The van der Waals surface area contributed by atoms with E-state index in [9.17, 15) is 9.59 Å². The molecule has 1 amide bonds. The molecule has 0 unspecified atom stereocenters. The first-order valence-corrected chi connectivity index (χ1v) is 8.50. The minimum absolute atomic E-state index is 0.0201. The van der Waals surface area contributed by atoms with Crippen LogP contribution in [0.4, 0.5) is 0 Å². The Hall–Kier alpha value is -2.92. The third-order valence-corrected chi connectivity index (χ3v) is 4.40. The maximum atomic E-state index is 12.5. The van der Waals surface area contributed by atoms with E-state index >= 15 is 0 Å². The molecule has 0 radical (unpaired) electrons. The van der Waals surface area contributed by atoms with Crippen LogP contribution in [0.25, 0.3) is 11.0 Å². The number of amides is 1. The summed E-state index contributed by atoms with van der Waals surface area (Å²) in [5.74, 6) is -0.373. The van der Waals surface area contributed by atoms with Crippen molar-refractivity contribution in [2.45, 2.75) is 13.0 Å². The molecular formula is C21H22N2O3. The first kappa shape index (κ1) is 17.9. The predicted octanol–water partition coefficient (Wildman–Crippen LogP) is 3.13. The van der Waals surface area contributed by atoms with E-state index in [1.165, 1.54) is 11.6 Å². The zero-order valence-electron chi connectivity index (χ0n) is 15.2. The van der Waals surface area contributed by atoms with Gasteiger partial charge in [0.1, 0.15) is 5.58 Å². The Balaban J connectivity index is 1.78. The molecule has 0 saturated carbocycles. The van der Waals surface area contributed by atoms with Crippen molar-refractivity contribution in [1.29, 1.82) is 0 Å². The second kappa shape index (κ2) is 7.54. The molecule has 0 bridgehead atoms. The fraction of sp³-hybridized carbons (Fsp3) is 0.238. The van der Waals surface area contributed by atoms with Crippen molar-refractivity contribution in [3.8, 4) is 0 Å². The monoisotopic (exact) mass is 350 g/mol. The molecule has 1 N–H and O–H groups in total. The standard InChI is InChI=1S/C21H22N2O3/c1-14-8-10-15(11-9-14)17(23(2)3)13-22-21(25)20-12-18(24)16-6-4-5-7-19(16)26-20/h4-12,17H,13H2,1-3H3,(H,22,25)/t17-/m1/s1. The van der Waals surface area contributed by atoms with Crippen molar-refractivity contribution >= 4 is 16.9 Å². The molecule has 0 aliphatic heterocycles. The molecule has 3 aromatic rings. The van der Waals surface area contributed by atoms with E-state index in [1.807, 2.05) is 25.9 Å². The van der Waals surface area contributed by atoms with Crippen molar-refractivity contribution in [1.82, 2.24) is 10.2 Å². The highest BCUT2D eigenvalue weighted by Crippen LogP contribution is 2.18. The van der Waals surface area contributed by atoms with E-state index in [1.54, 1.807) is 24.3 Å². The smallest absolute Gasteiger partial charge is 0.287 e. The fourth-order valence-electron chi connectivity index (χ4n) is 2.88. The molecule has 5 nitrogen and oxygen atoms in total. The normalized spacial score (nSPS) is 12.3. The number of nitrogens with one attached hydrogen (secondary N) is 1. The highest BCUT2D eigenvalue weighted by molar-refractivity contribution is 5.93. The second-order valence-electron chi connectivity index (χ2n) is 6.57. The molecular weight excluding hydrogens is 328 g/mol. The van der Waals surface area contributed by atoms with Crippen LogP contribution in [0.2, 0.25) is 0 Å². The van der Waals surface area contributed by atoms with Gasteiger partial charge in [0, 0.05) is 12.6 Å². The molecule has 5 heteroatoms. The summed E-state index contributed by atoms with van der Waals surface area (Å²) in [7, 11) is 3.93. The molecule has 0 aliphatic rings. The van der Waals surface area contributed by atoms with Crippen LogP contribution in [0.5, 0.6) is 0 Å². The number of fused-ring (bicyclic) bond motifs is 1. The Bertz CT molecular complexity index is 974. The summed E-state index contributed by atoms with van der Waals surface area (Å²) in [5, 5.41) is 3.34. The summed E-state index contributed by atoms with van der Waals surface area (Å²) >= 11 is 0. The van der Waals surface area contributed by atoms with E-state index in [0.717, 1.165) is 5.56 Å². The third-order valence-electron chi connectivity index (χ3n) is 4.40. The number of benzene rings is 2. The van der Waals surface area contributed by atoms with Crippen LogP contribution in [-0.4, -0.2) is 31.4 Å². The minimum atomic E-state index is -0.396. The van der Waals surface area contributed by atoms with Gasteiger partial charge in [0.2, 0.25) is 0 Å². The average molecular weight is 350 g/mol. The molecule has 0 aliphatic carbocycles. The van der Waals surface area contributed by atoms with E-state index in [0.29, 0.717) is 17.5 Å². The van der Waals surface area contributed by atoms with Crippen molar-refractivity contribution in [3.63, 3.8) is 0 Å². The van der Waals surface area contributed by atoms with Crippen LogP contribution in [0.1, 0.15) is 27.7 Å². The minimum Gasteiger partial charge on any atom is -0.451 e. The van der Waals surface area contributed by atoms with Gasteiger partial charge in [-0.15, -0.1) is 0 Å². The topological polar surface area (TPSA) is 62.6 Å². The predicted molar refractivity (Wildman–Crippen MR) is 102 cm³/mol. The highest BCUT2D eigenvalue weighted by Gasteiger charge is 2.17. The summed E-state index contributed by atoms with van der Waals surface area (Å²) in [6.07, 6.45) is 0. The molecule has 1 aromatic heterocycles. The molecule has 3 rings (SSSR count). The lowest BCUT2D eigenvalue weighted by molar-refractivity contribution is 0.0914. The Morgan fingerprint density at radius 3 is 2.50 bits per heavy atom. The molecule has 2 aromatic carbocycles. The van der Waals surface area contributed by atoms with Crippen molar-refractivity contribution in [2.75, 3.05) is 20.6 Å². The Labute approximate surface area is 152 Å². The largest absolute Gasteiger partial charge is 0.451 e. The number of carbonyl (C=O) groups is 1. The van der Waals surface area contributed by atoms with E-state index in [-0.39, 0.29) is 17.2 Å². The van der Waals surface area contributed by atoms with E-state index < -0.39 is 5.91 Å². The van der Waals surface area contributed by atoms with Crippen LogP contribution >= 0.6 is 0 Å². The van der Waals surface area contributed by atoms with E-state index in [4.69, 9.17) is 4.42 Å². The Morgan fingerprint density at radius 1 is 1.12 bits per heavy atom. The lowest BCUT2D eigenvalue weighted by Crippen LogP contribution is -2.34. The lowest BCUT2D eigenvalue weighted by atomic mass is 10.0. The number of hydrogen-bond acceptors (Lipinski definition) is 4. The van der Waals surface area contributed by atoms with Crippen LogP contribution in [0.15, 0.2) is 63.8 Å². The van der Waals surface area contributed by atoms with Crippen LogP contribution in [0.3, 0.4) is 0 Å². The number of carbonyl (C=O) groups excluding carboxylic acids is 1. The second-order valence-corrected chi connectivity index (χ2v) is 6.57. The van der Waals surface area contributed by atoms with Crippen molar-refractivity contribution in [2.24, 2.45) is 0 Å². The van der Waals surface area contributed by atoms with Gasteiger partial charge >= 0.3 is 0 Å². The highest BCUT2D eigenvalue weighted by atomic mass is 16.3. The van der Waals surface area contributed by atoms with Gasteiger partial charge in [0.25, 0.3) is 5.91 Å². The number of para-hydroxylation sites is 1. The number of likely N-dealkylation sites (N-methyl/N-ethyl adjacent to an activating group) is 1. The van der Waals surface area contributed by atoms with Gasteiger partial charge < -0.3 is 14.6 Å². The summed E-state index contributed by atoms with van der Waals surface area (Å²) in [5.41, 5.74) is 2.49. The maximum absolute atomic E-state index is 12.5. The van der Waals surface area contributed by atoms with Crippen LogP contribution < -0.4 is 10.7 Å². The van der Waals surface area contributed by atoms with Crippen LogP contribution in [-0.2, 0) is 0 Å². The quantitative estimate of drug-likeness (QED) is 0.768. The Kier molecular flexibility index (Phi) is 5.19. The maximum Gasteiger partial charge on any atom is 0.287 e.